The van der Waals surface area contributed by atoms with Crippen molar-refractivity contribution in [3.05, 3.63) is 59.3 Å². The lowest BCUT2D eigenvalue weighted by Gasteiger charge is -2.25. The van der Waals surface area contributed by atoms with Crippen LogP contribution in [0.1, 0.15) is 29.2 Å². The van der Waals surface area contributed by atoms with Gasteiger partial charge in [0, 0.05) is 18.2 Å². The molecule has 2 aromatic rings. The molecule has 1 amide bonds. The minimum Gasteiger partial charge on any atom is -0.477 e. The molecule has 1 unspecified atom stereocenters. The Balaban J connectivity index is 1.64. The van der Waals surface area contributed by atoms with Crippen molar-refractivity contribution in [2.24, 2.45) is 0 Å². The Morgan fingerprint density at radius 2 is 2.00 bits per heavy atom. The molecule has 1 aromatic heterocycles. The van der Waals surface area contributed by atoms with E-state index in [2.05, 4.69) is 10.3 Å². The summed E-state index contributed by atoms with van der Waals surface area (Å²) < 4.78 is 43.0. The van der Waals surface area contributed by atoms with Gasteiger partial charge < -0.3 is 10.1 Å². The minimum atomic E-state index is -4.38. The average molecular weight is 336 g/mol. The number of pyridine rings is 1. The van der Waals surface area contributed by atoms with Crippen molar-refractivity contribution >= 4 is 5.91 Å². The van der Waals surface area contributed by atoms with Gasteiger partial charge in [-0.15, -0.1) is 0 Å². The fourth-order valence-corrected chi connectivity index (χ4v) is 2.61. The zero-order valence-corrected chi connectivity index (χ0v) is 12.6. The lowest BCUT2D eigenvalue weighted by Crippen LogP contribution is -2.33. The Morgan fingerprint density at radius 1 is 1.25 bits per heavy atom. The maximum Gasteiger partial charge on any atom is 0.416 e. The van der Waals surface area contributed by atoms with E-state index >= 15 is 0 Å². The highest BCUT2D eigenvalue weighted by molar-refractivity contribution is 5.79. The molecule has 0 bridgehead atoms. The van der Waals surface area contributed by atoms with Crippen molar-refractivity contribution in [3.8, 4) is 5.88 Å². The van der Waals surface area contributed by atoms with E-state index in [0.717, 1.165) is 17.7 Å². The van der Waals surface area contributed by atoms with Crippen molar-refractivity contribution in [2.75, 3.05) is 6.61 Å². The lowest BCUT2D eigenvalue weighted by atomic mass is 10.0. The lowest BCUT2D eigenvalue weighted by molar-refractivity contribution is -0.137. The number of nitrogens with zero attached hydrogens (tertiary/aromatic N) is 1. The van der Waals surface area contributed by atoms with Gasteiger partial charge in [-0.25, -0.2) is 4.98 Å². The molecule has 1 aliphatic rings. The van der Waals surface area contributed by atoms with Crippen molar-refractivity contribution in [1.82, 2.24) is 10.3 Å². The van der Waals surface area contributed by atoms with Crippen LogP contribution in [-0.4, -0.2) is 17.5 Å². The highest BCUT2D eigenvalue weighted by Gasteiger charge is 2.30. The molecule has 2 heterocycles. The second-order valence-corrected chi connectivity index (χ2v) is 5.53. The van der Waals surface area contributed by atoms with Crippen LogP contribution in [0, 0.1) is 0 Å². The zero-order chi connectivity index (χ0) is 17.2. The largest absolute Gasteiger partial charge is 0.477 e. The van der Waals surface area contributed by atoms with Gasteiger partial charge in [0.2, 0.25) is 11.8 Å². The first-order valence-corrected chi connectivity index (χ1v) is 7.47. The van der Waals surface area contributed by atoms with Crippen LogP contribution < -0.4 is 10.1 Å². The Labute approximate surface area is 136 Å². The average Bonchev–Trinajstić information content (AvgIpc) is 2.55. The maximum absolute atomic E-state index is 12.5. The van der Waals surface area contributed by atoms with E-state index in [1.165, 1.54) is 12.1 Å². The molecule has 1 atom stereocenters. The molecule has 0 spiro atoms. The van der Waals surface area contributed by atoms with Crippen LogP contribution in [0.2, 0.25) is 0 Å². The third-order valence-corrected chi connectivity index (χ3v) is 3.80. The molecule has 3 rings (SSSR count). The van der Waals surface area contributed by atoms with Gasteiger partial charge in [0.1, 0.15) is 0 Å². The minimum absolute atomic E-state index is 0.0189. The topological polar surface area (TPSA) is 51.2 Å². The van der Waals surface area contributed by atoms with Gasteiger partial charge >= 0.3 is 6.18 Å². The van der Waals surface area contributed by atoms with Gasteiger partial charge in [0.25, 0.3) is 0 Å². The van der Waals surface area contributed by atoms with Gasteiger partial charge in [0.15, 0.2) is 0 Å². The van der Waals surface area contributed by atoms with Crippen LogP contribution >= 0.6 is 0 Å². The predicted molar refractivity (Wildman–Crippen MR) is 80.4 cm³/mol. The van der Waals surface area contributed by atoms with Gasteiger partial charge in [-0.1, -0.05) is 18.2 Å². The number of benzene rings is 1. The third kappa shape index (κ3) is 3.67. The molecule has 1 N–H and O–H groups in total. The van der Waals surface area contributed by atoms with E-state index in [1.807, 2.05) is 6.07 Å². The van der Waals surface area contributed by atoms with E-state index in [-0.39, 0.29) is 18.4 Å². The molecular formula is C17H15F3N2O2. The molecule has 0 fully saturated rings. The smallest absolute Gasteiger partial charge is 0.416 e. The van der Waals surface area contributed by atoms with E-state index in [1.54, 1.807) is 12.3 Å². The molecule has 0 radical (unpaired) electrons. The first kappa shape index (κ1) is 16.3. The summed E-state index contributed by atoms with van der Waals surface area (Å²) in [5.41, 5.74) is 0.611. The number of carbonyl (C=O) groups excluding carboxylic acids is 1. The Morgan fingerprint density at radius 3 is 2.71 bits per heavy atom. The monoisotopic (exact) mass is 336 g/mol. The van der Waals surface area contributed by atoms with Crippen LogP contribution in [0.15, 0.2) is 42.6 Å². The number of hydrogen-bond donors (Lipinski definition) is 1. The summed E-state index contributed by atoms with van der Waals surface area (Å²) in [5.74, 6) is 0.250. The first-order valence-electron chi connectivity index (χ1n) is 7.47. The van der Waals surface area contributed by atoms with Crippen molar-refractivity contribution < 1.29 is 22.7 Å². The number of fused-ring (bicyclic) bond motifs is 1. The third-order valence-electron chi connectivity index (χ3n) is 3.80. The fraction of sp³-hybridized carbons (Fsp3) is 0.294. The van der Waals surface area contributed by atoms with Gasteiger partial charge in [0.05, 0.1) is 24.6 Å². The molecule has 126 valence electrons. The van der Waals surface area contributed by atoms with E-state index < -0.39 is 11.7 Å². The number of ether oxygens (including phenoxy) is 1. The summed E-state index contributed by atoms with van der Waals surface area (Å²) in [4.78, 5) is 16.3. The molecule has 0 saturated carbocycles. The number of rotatable bonds is 3. The summed E-state index contributed by atoms with van der Waals surface area (Å²) in [6.45, 7) is 0.454. The Hall–Kier alpha value is -2.57. The summed E-state index contributed by atoms with van der Waals surface area (Å²) >= 11 is 0. The molecular weight excluding hydrogens is 321 g/mol. The van der Waals surface area contributed by atoms with Gasteiger partial charge in [-0.2, -0.15) is 13.2 Å². The molecule has 1 aromatic carbocycles. The number of aromatic nitrogens is 1. The van der Waals surface area contributed by atoms with Crippen LogP contribution in [0.3, 0.4) is 0 Å². The summed E-state index contributed by atoms with van der Waals surface area (Å²) in [7, 11) is 0. The summed E-state index contributed by atoms with van der Waals surface area (Å²) in [6, 6.07) is 8.01. The van der Waals surface area contributed by atoms with Crippen LogP contribution in [0.25, 0.3) is 0 Å². The quantitative estimate of drug-likeness (QED) is 0.936. The molecule has 4 nitrogen and oxygen atoms in total. The van der Waals surface area contributed by atoms with E-state index in [4.69, 9.17) is 4.74 Å². The zero-order valence-electron chi connectivity index (χ0n) is 12.6. The second-order valence-electron chi connectivity index (χ2n) is 5.53. The van der Waals surface area contributed by atoms with Gasteiger partial charge in [-0.3, -0.25) is 4.79 Å². The number of hydrogen-bond acceptors (Lipinski definition) is 3. The van der Waals surface area contributed by atoms with E-state index in [0.29, 0.717) is 24.5 Å². The predicted octanol–water partition coefficient (Wildman–Crippen LogP) is 3.28. The maximum atomic E-state index is 12.5. The Kier molecular flexibility index (Phi) is 4.42. The highest BCUT2D eigenvalue weighted by atomic mass is 19.4. The number of amides is 1. The van der Waals surface area contributed by atoms with E-state index in [9.17, 15) is 18.0 Å². The fourth-order valence-electron chi connectivity index (χ4n) is 2.61. The van der Waals surface area contributed by atoms with Crippen molar-refractivity contribution in [2.45, 2.75) is 25.1 Å². The molecule has 24 heavy (non-hydrogen) atoms. The van der Waals surface area contributed by atoms with Crippen molar-refractivity contribution in [3.63, 3.8) is 0 Å². The number of alkyl halides is 3. The highest BCUT2D eigenvalue weighted by Crippen LogP contribution is 2.30. The number of nitrogens with one attached hydrogen (secondary N) is 1. The van der Waals surface area contributed by atoms with Crippen LogP contribution in [0.4, 0.5) is 13.2 Å². The normalized spacial score (nSPS) is 16.9. The molecule has 0 saturated heterocycles. The number of carbonyl (C=O) groups is 1. The van der Waals surface area contributed by atoms with Crippen LogP contribution in [-0.2, 0) is 17.4 Å². The van der Waals surface area contributed by atoms with Crippen LogP contribution in [0.5, 0.6) is 5.88 Å². The second kappa shape index (κ2) is 6.51. The summed E-state index contributed by atoms with van der Waals surface area (Å²) in [6.07, 6.45) is -2.12. The Bertz CT molecular complexity index is 729. The summed E-state index contributed by atoms with van der Waals surface area (Å²) in [5, 5.41) is 2.89. The SMILES string of the molecule is O=C(Cc1ccc(C(F)(F)F)cc1)NC1CCOc2ncccc21. The molecule has 7 heteroatoms. The standard InChI is InChI=1S/C17H15F3N2O2/c18-17(19,20)12-5-3-11(4-6-12)10-15(23)22-14-7-9-24-16-13(14)2-1-8-21-16/h1-6,8,14H,7,9-10H2,(H,22,23). The number of halogens is 3. The molecule has 1 aliphatic heterocycles. The molecule has 0 aliphatic carbocycles. The van der Waals surface area contributed by atoms with Crippen molar-refractivity contribution in [1.29, 1.82) is 0 Å². The first-order chi connectivity index (χ1) is 11.4. The van der Waals surface area contributed by atoms with Gasteiger partial charge in [-0.05, 0) is 23.8 Å².